The Bertz CT molecular complexity index is 352. The molecular weight excluding hydrogens is 204 g/mol. The van der Waals surface area contributed by atoms with Crippen molar-refractivity contribution >= 4 is 11.7 Å². The molecule has 0 unspecified atom stereocenters. The van der Waals surface area contributed by atoms with Crippen molar-refractivity contribution in [1.29, 1.82) is 0 Å². The average molecular weight is 222 g/mol. The van der Waals surface area contributed by atoms with Gasteiger partial charge >= 0.3 is 0 Å². The molecule has 1 heterocycles. The van der Waals surface area contributed by atoms with E-state index >= 15 is 0 Å². The van der Waals surface area contributed by atoms with E-state index in [0.717, 1.165) is 6.42 Å². The zero-order valence-electron chi connectivity index (χ0n) is 9.95. The number of nitrogens with zero attached hydrogens (tertiary/aromatic N) is 2. The molecule has 16 heavy (non-hydrogen) atoms. The molecule has 0 radical (unpaired) electrons. The maximum atomic E-state index is 11.7. The Hall–Kier alpha value is -1.65. The summed E-state index contributed by atoms with van der Waals surface area (Å²) in [5, 5.41) is 5.66. The molecule has 0 saturated heterocycles. The minimum Gasteiger partial charge on any atom is -0.372 e. The molecule has 0 atom stereocenters. The maximum Gasteiger partial charge on any atom is 0.271 e. The predicted octanol–water partition coefficient (Wildman–Crippen LogP) is 1.29. The van der Waals surface area contributed by atoms with Crippen molar-refractivity contribution in [2.75, 3.05) is 18.9 Å². The summed E-state index contributed by atoms with van der Waals surface area (Å²) in [6.45, 7) is 4.91. The van der Waals surface area contributed by atoms with Crippen LogP contribution in [0.1, 0.15) is 30.8 Å². The van der Waals surface area contributed by atoms with Crippen LogP contribution >= 0.6 is 0 Å². The summed E-state index contributed by atoms with van der Waals surface area (Å²) in [4.78, 5) is 19.7. The monoisotopic (exact) mass is 222 g/mol. The topological polar surface area (TPSA) is 66.9 Å². The molecule has 0 spiro atoms. The first-order valence-corrected chi connectivity index (χ1v) is 5.41. The number of carbonyl (C=O) groups is 1. The zero-order chi connectivity index (χ0) is 12.0. The summed E-state index contributed by atoms with van der Waals surface area (Å²) in [6, 6.07) is 0. The smallest absolute Gasteiger partial charge is 0.271 e. The lowest BCUT2D eigenvalue weighted by atomic mass is 10.1. The molecule has 0 aromatic carbocycles. The van der Waals surface area contributed by atoms with E-state index in [1.54, 1.807) is 13.2 Å². The van der Waals surface area contributed by atoms with Crippen molar-refractivity contribution in [2.45, 2.75) is 20.3 Å². The zero-order valence-corrected chi connectivity index (χ0v) is 9.95. The van der Waals surface area contributed by atoms with Crippen LogP contribution in [0.15, 0.2) is 12.4 Å². The van der Waals surface area contributed by atoms with Gasteiger partial charge in [-0.05, 0) is 12.3 Å². The molecule has 1 aromatic heterocycles. The van der Waals surface area contributed by atoms with E-state index in [4.69, 9.17) is 0 Å². The molecule has 88 valence electrons. The van der Waals surface area contributed by atoms with Gasteiger partial charge < -0.3 is 10.6 Å². The third kappa shape index (κ3) is 3.84. The fourth-order valence-corrected chi connectivity index (χ4v) is 1.16. The average Bonchev–Trinajstić information content (AvgIpc) is 2.28. The molecule has 0 saturated carbocycles. The summed E-state index contributed by atoms with van der Waals surface area (Å²) in [7, 11) is 1.74. The molecule has 0 aliphatic rings. The molecular formula is C11H18N4O. The Labute approximate surface area is 95.7 Å². The number of amides is 1. The highest BCUT2D eigenvalue weighted by molar-refractivity contribution is 5.92. The fourth-order valence-electron chi connectivity index (χ4n) is 1.16. The van der Waals surface area contributed by atoms with Crippen molar-refractivity contribution in [3.63, 3.8) is 0 Å². The van der Waals surface area contributed by atoms with Crippen LogP contribution in [-0.4, -0.2) is 29.5 Å². The number of carbonyl (C=O) groups excluding carboxylic acids is 1. The Morgan fingerprint density at radius 3 is 2.81 bits per heavy atom. The number of hydrogen-bond acceptors (Lipinski definition) is 4. The molecule has 5 nitrogen and oxygen atoms in total. The van der Waals surface area contributed by atoms with Gasteiger partial charge in [0.25, 0.3) is 5.91 Å². The van der Waals surface area contributed by atoms with Crippen molar-refractivity contribution in [3.8, 4) is 0 Å². The van der Waals surface area contributed by atoms with Gasteiger partial charge in [0.05, 0.1) is 12.4 Å². The molecule has 1 rings (SSSR count). The second-order valence-electron chi connectivity index (χ2n) is 3.98. The molecule has 0 bridgehead atoms. The second-order valence-corrected chi connectivity index (χ2v) is 3.98. The summed E-state index contributed by atoms with van der Waals surface area (Å²) in [5.41, 5.74) is 0.343. The molecule has 0 aliphatic carbocycles. The van der Waals surface area contributed by atoms with Crippen LogP contribution in [0.5, 0.6) is 0 Å². The lowest BCUT2D eigenvalue weighted by molar-refractivity contribution is 0.0946. The fraction of sp³-hybridized carbons (Fsp3) is 0.545. The summed E-state index contributed by atoms with van der Waals surface area (Å²) in [5.74, 6) is 0.997. The number of aromatic nitrogens is 2. The second kappa shape index (κ2) is 6.05. The van der Waals surface area contributed by atoms with E-state index in [0.29, 0.717) is 24.0 Å². The maximum absolute atomic E-state index is 11.7. The van der Waals surface area contributed by atoms with Gasteiger partial charge in [-0.2, -0.15) is 0 Å². The molecule has 5 heteroatoms. The van der Waals surface area contributed by atoms with E-state index in [-0.39, 0.29) is 5.91 Å². The Morgan fingerprint density at radius 1 is 1.44 bits per heavy atom. The number of hydrogen-bond donors (Lipinski definition) is 2. The van der Waals surface area contributed by atoms with Gasteiger partial charge in [-0.1, -0.05) is 13.8 Å². The number of anilines is 1. The largest absolute Gasteiger partial charge is 0.372 e. The SMILES string of the molecule is CNc1cncc(C(=O)NCCC(C)C)n1. The minimum atomic E-state index is -0.176. The Kier molecular flexibility index (Phi) is 4.69. The van der Waals surface area contributed by atoms with Crippen molar-refractivity contribution in [3.05, 3.63) is 18.1 Å². The Morgan fingerprint density at radius 2 is 2.19 bits per heavy atom. The molecule has 1 amide bonds. The van der Waals surface area contributed by atoms with Gasteiger partial charge in [0.1, 0.15) is 11.5 Å². The van der Waals surface area contributed by atoms with E-state index in [9.17, 15) is 4.79 Å². The third-order valence-electron chi connectivity index (χ3n) is 2.13. The first kappa shape index (κ1) is 12.4. The molecule has 2 N–H and O–H groups in total. The van der Waals surface area contributed by atoms with Gasteiger partial charge in [-0.15, -0.1) is 0 Å². The lowest BCUT2D eigenvalue weighted by Crippen LogP contribution is -2.26. The van der Waals surface area contributed by atoms with E-state index < -0.39 is 0 Å². The highest BCUT2D eigenvalue weighted by Gasteiger charge is 2.07. The highest BCUT2D eigenvalue weighted by atomic mass is 16.1. The third-order valence-corrected chi connectivity index (χ3v) is 2.13. The Balaban J connectivity index is 2.52. The molecule has 1 aromatic rings. The highest BCUT2D eigenvalue weighted by Crippen LogP contribution is 2.01. The van der Waals surface area contributed by atoms with Crippen LogP contribution in [0, 0.1) is 5.92 Å². The van der Waals surface area contributed by atoms with E-state index in [1.807, 2.05) is 0 Å². The van der Waals surface area contributed by atoms with Gasteiger partial charge in [-0.3, -0.25) is 9.78 Å². The van der Waals surface area contributed by atoms with Crippen LogP contribution < -0.4 is 10.6 Å². The normalized spacial score (nSPS) is 10.2. The molecule has 0 aliphatic heterocycles. The number of nitrogens with one attached hydrogen (secondary N) is 2. The predicted molar refractivity (Wildman–Crippen MR) is 63.4 cm³/mol. The van der Waals surface area contributed by atoms with Crippen LogP contribution in [-0.2, 0) is 0 Å². The van der Waals surface area contributed by atoms with Crippen LogP contribution in [0.4, 0.5) is 5.82 Å². The van der Waals surface area contributed by atoms with Gasteiger partial charge in [0.15, 0.2) is 0 Å². The van der Waals surface area contributed by atoms with Crippen molar-refractivity contribution < 1.29 is 4.79 Å². The van der Waals surface area contributed by atoms with E-state index in [1.165, 1.54) is 6.20 Å². The number of rotatable bonds is 5. The summed E-state index contributed by atoms with van der Waals surface area (Å²) in [6.07, 6.45) is 4.00. The van der Waals surface area contributed by atoms with Crippen molar-refractivity contribution in [2.24, 2.45) is 5.92 Å². The van der Waals surface area contributed by atoms with Crippen LogP contribution in [0.25, 0.3) is 0 Å². The quantitative estimate of drug-likeness (QED) is 0.788. The van der Waals surface area contributed by atoms with Crippen LogP contribution in [0.3, 0.4) is 0 Å². The summed E-state index contributed by atoms with van der Waals surface area (Å²) >= 11 is 0. The standard InChI is InChI=1S/C11H18N4O/c1-8(2)4-5-14-11(16)9-6-13-7-10(12-3)15-9/h6-8H,4-5H2,1-3H3,(H,12,15)(H,14,16). The van der Waals surface area contributed by atoms with Gasteiger partial charge in [0.2, 0.25) is 0 Å². The van der Waals surface area contributed by atoms with Gasteiger partial charge in [0, 0.05) is 13.6 Å². The van der Waals surface area contributed by atoms with Crippen LogP contribution in [0.2, 0.25) is 0 Å². The first-order chi connectivity index (χ1) is 7.63. The first-order valence-electron chi connectivity index (χ1n) is 5.41. The van der Waals surface area contributed by atoms with Crippen molar-refractivity contribution in [1.82, 2.24) is 15.3 Å². The van der Waals surface area contributed by atoms with Gasteiger partial charge in [-0.25, -0.2) is 4.98 Å². The summed E-state index contributed by atoms with van der Waals surface area (Å²) < 4.78 is 0. The van der Waals surface area contributed by atoms with E-state index in [2.05, 4.69) is 34.4 Å². The molecule has 0 fully saturated rings. The minimum absolute atomic E-state index is 0.176. The lowest BCUT2D eigenvalue weighted by Gasteiger charge is -2.07.